The summed E-state index contributed by atoms with van der Waals surface area (Å²) in [4.78, 5) is 10.7. The van der Waals surface area contributed by atoms with Crippen molar-refractivity contribution in [3.8, 4) is 5.88 Å². The number of guanidine groups is 1. The summed E-state index contributed by atoms with van der Waals surface area (Å²) in [6.45, 7) is 5.09. The third kappa shape index (κ3) is 4.17. The maximum atomic E-state index is 12.1. The van der Waals surface area contributed by atoms with Crippen LogP contribution >= 0.6 is 0 Å². The molecule has 0 bridgehead atoms. The van der Waals surface area contributed by atoms with Gasteiger partial charge in [-0.1, -0.05) is 6.07 Å². The van der Waals surface area contributed by atoms with Crippen LogP contribution in [0.3, 0.4) is 0 Å². The molecule has 24 heavy (non-hydrogen) atoms. The zero-order valence-corrected chi connectivity index (χ0v) is 15.6. The van der Waals surface area contributed by atoms with Gasteiger partial charge >= 0.3 is 0 Å². The molecule has 1 N–H and O–H groups in total. The van der Waals surface area contributed by atoms with Crippen LogP contribution in [0.25, 0.3) is 0 Å². The summed E-state index contributed by atoms with van der Waals surface area (Å²) in [5.74, 6) is 1.47. The number of nitrogens with zero attached hydrogens (tertiary/aromatic N) is 3. The van der Waals surface area contributed by atoms with E-state index in [1.54, 1.807) is 28.0 Å². The second-order valence-corrected chi connectivity index (χ2v) is 9.14. The Kier molecular flexibility index (Phi) is 5.69. The van der Waals surface area contributed by atoms with Crippen LogP contribution in [0.4, 0.5) is 0 Å². The number of ether oxygens (including phenoxy) is 1. The van der Waals surface area contributed by atoms with Gasteiger partial charge in [-0.25, -0.2) is 13.4 Å². The summed E-state index contributed by atoms with van der Waals surface area (Å²) in [5, 5.41) is 3.29. The average Bonchev–Trinajstić information content (AvgIpc) is 2.54. The minimum atomic E-state index is -3.06. The van der Waals surface area contributed by atoms with Crippen LogP contribution in [0, 0.1) is 0 Å². The molecule has 0 amide bonds. The lowest BCUT2D eigenvalue weighted by atomic mass is 10.2. The standard InChI is InChI=1S/C16H26N4O3S/c1-16(2)12-20(10-11-24(16,21)22)15(17-3)18-9-8-13-6-5-7-14(19-13)23-4/h5-7H,8-12H2,1-4H3,(H,17,18). The molecule has 1 aromatic heterocycles. The van der Waals surface area contributed by atoms with Crippen LogP contribution in [0.1, 0.15) is 19.5 Å². The molecule has 0 atom stereocenters. The number of sulfone groups is 1. The molecule has 0 aromatic carbocycles. The van der Waals surface area contributed by atoms with Crippen LogP contribution < -0.4 is 10.1 Å². The monoisotopic (exact) mass is 354 g/mol. The Hall–Kier alpha value is -1.83. The molecule has 2 rings (SSSR count). The highest BCUT2D eigenvalue weighted by Crippen LogP contribution is 2.23. The lowest BCUT2D eigenvalue weighted by Gasteiger charge is -2.39. The van der Waals surface area contributed by atoms with Gasteiger partial charge in [-0.3, -0.25) is 4.99 Å². The van der Waals surface area contributed by atoms with E-state index in [0.29, 0.717) is 25.5 Å². The third-order valence-corrected chi connectivity index (χ3v) is 6.74. The van der Waals surface area contributed by atoms with E-state index in [0.717, 1.165) is 18.1 Å². The van der Waals surface area contributed by atoms with Gasteiger partial charge in [-0.05, 0) is 19.9 Å². The Morgan fingerprint density at radius 3 is 2.83 bits per heavy atom. The fraction of sp³-hybridized carbons (Fsp3) is 0.625. The molecule has 0 radical (unpaired) electrons. The summed E-state index contributed by atoms with van der Waals surface area (Å²) in [6, 6.07) is 5.67. The Balaban J connectivity index is 1.93. The van der Waals surface area contributed by atoms with Crippen molar-refractivity contribution in [3.05, 3.63) is 23.9 Å². The van der Waals surface area contributed by atoms with Crippen molar-refractivity contribution in [2.24, 2.45) is 4.99 Å². The number of methoxy groups -OCH3 is 1. The number of aliphatic imine (C=N–C) groups is 1. The lowest BCUT2D eigenvalue weighted by molar-refractivity contribution is 0.353. The Morgan fingerprint density at radius 2 is 2.21 bits per heavy atom. The van der Waals surface area contributed by atoms with Gasteiger partial charge < -0.3 is 15.0 Å². The topological polar surface area (TPSA) is 83.9 Å². The number of nitrogens with one attached hydrogen (secondary N) is 1. The summed E-state index contributed by atoms with van der Waals surface area (Å²) >= 11 is 0. The normalized spacial score (nSPS) is 19.8. The van der Waals surface area contributed by atoms with Gasteiger partial charge in [0, 0.05) is 44.9 Å². The van der Waals surface area contributed by atoms with E-state index in [1.165, 1.54) is 0 Å². The minimum Gasteiger partial charge on any atom is -0.481 e. The van der Waals surface area contributed by atoms with E-state index in [4.69, 9.17) is 4.74 Å². The summed E-state index contributed by atoms with van der Waals surface area (Å²) < 4.78 is 28.6. The van der Waals surface area contributed by atoms with Crippen molar-refractivity contribution in [2.45, 2.75) is 25.0 Å². The molecule has 1 aliphatic rings. The van der Waals surface area contributed by atoms with Crippen LogP contribution in [-0.4, -0.2) is 68.6 Å². The van der Waals surface area contributed by atoms with Crippen molar-refractivity contribution in [2.75, 3.05) is 39.5 Å². The van der Waals surface area contributed by atoms with Gasteiger partial charge in [-0.15, -0.1) is 0 Å². The number of hydrogen-bond acceptors (Lipinski definition) is 5. The number of pyridine rings is 1. The zero-order chi connectivity index (χ0) is 17.8. The molecule has 0 aliphatic carbocycles. The Morgan fingerprint density at radius 1 is 1.46 bits per heavy atom. The molecule has 0 spiro atoms. The fourth-order valence-corrected chi connectivity index (χ4v) is 4.04. The molecule has 7 nitrogen and oxygen atoms in total. The van der Waals surface area contributed by atoms with Crippen molar-refractivity contribution < 1.29 is 13.2 Å². The number of aromatic nitrogens is 1. The number of rotatable bonds is 4. The molecule has 1 aromatic rings. The van der Waals surface area contributed by atoms with E-state index in [-0.39, 0.29) is 5.75 Å². The zero-order valence-electron chi connectivity index (χ0n) is 14.7. The quantitative estimate of drug-likeness (QED) is 0.633. The summed E-state index contributed by atoms with van der Waals surface area (Å²) in [5.41, 5.74) is 0.929. The molecule has 134 valence electrons. The third-order valence-electron chi connectivity index (χ3n) is 4.21. The fourth-order valence-electron chi connectivity index (χ4n) is 2.67. The van der Waals surface area contributed by atoms with Gasteiger partial charge in [0.2, 0.25) is 5.88 Å². The molecule has 1 fully saturated rings. The van der Waals surface area contributed by atoms with Crippen LogP contribution in [0.15, 0.2) is 23.2 Å². The van der Waals surface area contributed by atoms with Crippen LogP contribution in [0.5, 0.6) is 5.88 Å². The largest absolute Gasteiger partial charge is 0.481 e. The average molecular weight is 354 g/mol. The number of hydrogen-bond donors (Lipinski definition) is 1. The van der Waals surface area contributed by atoms with Crippen LogP contribution in [-0.2, 0) is 16.3 Å². The van der Waals surface area contributed by atoms with Crippen molar-refractivity contribution in [1.29, 1.82) is 0 Å². The van der Waals surface area contributed by atoms with Crippen molar-refractivity contribution in [1.82, 2.24) is 15.2 Å². The molecule has 2 heterocycles. The second-order valence-electron chi connectivity index (χ2n) is 6.40. The smallest absolute Gasteiger partial charge is 0.213 e. The van der Waals surface area contributed by atoms with Gasteiger partial charge in [0.1, 0.15) is 0 Å². The maximum Gasteiger partial charge on any atom is 0.213 e. The first-order valence-electron chi connectivity index (χ1n) is 7.97. The lowest BCUT2D eigenvalue weighted by Crippen LogP contribution is -2.57. The van der Waals surface area contributed by atoms with E-state index >= 15 is 0 Å². The molecule has 1 saturated heterocycles. The summed E-state index contributed by atoms with van der Waals surface area (Å²) in [7, 11) is 0.251. The highest BCUT2D eigenvalue weighted by molar-refractivity contribution is 7.92. The second kappa shape index (κ2) is 7.38. The molecule has 0 unspecified atom stereocenters. The van der Waals surface area contributed by atoms with Crippen molar-refractivity contribution >= 4 is 15.8 Å². The van der Waals surface area contributed by atoms with E-state index in [1.807, 2.05) is 23.1 Å². The molecular weight excluding hydrogens is 328 g/mol. The van der Waals surface area contributed by atoms with E-state index in [9.17, 15) is 8.42 Å². The Labute approximate surface area is 144 Å². The van der Waals surface area contributed by atoms with Crippen molar-refractivity contribution in [3.63, 3.8) is 0 Å². The Bertz CT molecular complexity index is 701. The molecule has 0 saturated carbocycles. The predicted molar refractivity (Wildman–Crippen MR) is 95.3 cm³/mol. The minimum absolute atomic E-state index is 0.151. The van der Waals surface area contributed by atoms with Gasteiger partial charge in [0.15, 0.2) is 15.8 Å². The van der Waals surface area contributed by atoms with E-state index in [2.05, 4.69) is 15.3 Å². The predicted octanol–water partition coefficient (Wildman–Crippen LogP) is 0.717. The highest BCUT2D eigenvalue weighted by atomic mass is 32.2. The summed E-state index contributed by atoms with van der Waals surface area (Å²) in [6.07, 6.45) is 0.728. The molecular formula is C16H26N4O3S. The van der Waals surface area contributed by atoms with Gasteiger partial charge in [0.05, 0.1) is 17.6 Å². The van der Waals surface area contributed by atoms with E-state index < -0.39 is 14.6 Å². The SMILES string of the molecule is CN=C(NCCc1cccc(OC)n1)N1CCS(=O)(=O)C(C)(C)C1. The first-order chi connectivity index (χ1) is 11.3. The van der Waals surface area contributed by atoms with Gasteiger partial charge in [-0.2, -0.15) is 0 Å². The van der Waals surface area contributed by atoms with Crippen LogP contribution in [0.2, 0.25) is 0 Å². The first-order valence-corrected chi connectivity index (χ1v) is 9.62. The molecule has 1 aliphatic heterocycles. The molecule has 8 heteroatoms. The first kappa shape index (κ1) is 18.5. The van der Waals surface area contributed by atoms with Gasteiger partial charge in [0.25, 0.3) is 0 Å². The highest BCUT2D eigenvalue weighted by Gasteiger charge is 2.40. The maximum absolute atomic E-state index is 12.1.